The summed E-state index contributed by atoms with van der Waals surface area (Å²) in [4.78, 5) is 12.6. The smallest absolute Gasteiger partial charge is 0.277 e. The Hall–Kier alpha value is -3.46. The zero-order valence-electron chi connectivity index (χ0n) is 17.6. The van der Waals surface area contributed by atoms with Crippen molar-refractivity contribution in [1.29, 1.82) is 0 Å². The van der Waals surface area contributed by atoms with Crippen LogP contribution in [0.4, 0.5) is 5.69 Å². The molecule has 0 aliphatic rings. The highest BCUT2D eigenvalue weighted by Gasteiger charge is 2.20. The summed E-state index contributed by atoms with van der Waals surface area (Å²) in [6, 6.07) is 15.2. The fraction of sp³-hybridized carbons (Fsp3) is 0.227. The zero-order valence-corrected chi connectivity index (χ0v) is 18.4. The van der Waals surface area contributed by atoms with Crippen molar-refractivity contribution in [2.24, 2.45) is 7.05 Å². The summed E-state index contributed by atoms with van der Waals surface area (Å²) >= 11 is 1.20. The number of rotatable bonds is 7. The normalized spacial score (nSPS) is 12.0. The summed E-state index contributed by atoms with van der Waals surface area (Å²) < 4.78 is 18.3. The van der Waals surface area contributed by atoms with Crippen LogP contribution in [0.15, 0.2) is 58.2 Å². The lowest BCUT2D eigenvalue weighted by molar-refractivity contribution is -0.115. The van der Waals surface area contributed by atoms with Gasteiger partial charge in [0.2, 0.25) is 5.91 Å². The fourth-order valence-electron chi connectivity index (χ4n) is 3.22. The van der Waals surface area contributed by atoms with E-state index in [9.17, 15) is 4.79 Å². The number of ether oxygens (including phenoxy) is 2. The van der Waals surface area contributed by atoms with Crippen LogP contribution in [0.5, 0.6) is 11.5 Å². The molecule has 0 fully saturated rings. The van der Waals surface area contributed by atoms with Gasteiger partial charge < -0.3 is 23.8 Å². The van der Waals surface area contributed by atoms with Crippen molar-refractivity contribution in [3.8, 4) is 23.1 Å². The van der Waals surface area contributed by atoms with E-state index in [2.05, 4.69) is 15.5 Å². The van der Waals surface area contributed by atoms with E-state index in [0.29, 0.717) is 28.3 Å². The quantitative estimate of drug-likeness (QED) is 0.429. The third kappa shape index (κ3) is 4.22. The second-order valence-corrected chi connectivity index (χ2v) is 8.13. The molecule has 0 unspecified atom stereocenters. The van der Waals surface area contributed by atoms with E-state index < -0.39 is 5.25 Å². The number of fused-ring (bicyclic) bond motifs is 1. The highest BCUT2D eigenvalue weighted by Crippen LogP contribution is 2.32. The summed E-state index contributed by atoms with van der Waals surface area (Å²) in [6.45, 7) is 1.78. The van der Waals surface area contributed by atoms with Gasteiger partial charge in [0, 0.05) is 29.7 Å². The van der Waals surface area contributed by atoms with E-state index >= 15 is 0 Å². The fourth-order valence-corrected chi connectivity index (χ4v) is 3.90. The first-order chi connectivity index (χ1) is 15.0. The zero-order chi connectivity index (χ0) is 22.0. The minimum Gasteiger partial charge on any atom is -0.493 e. The number of methoxy groups -OCH3 is 2. The summed E-state index contributed by atoms with van der Waals surface area (Å²) in [5.74, 6) is 1.35. The maximum absolute atomic E-state index is 12.6. The predicted molar refractivity (Wildman–Crippen MR) is 120 cm³/mol. The Balaban J connectivity index is 1.45. The molecule has 31 heavy (non-hydrogen) atoms. The van der Waals surface area contributed by atoms with E-state index in [0.717, 1.165) is 16.6 Å². The molecule has 0 bridgehead atoms. The molecule has 2 heterocycles. The van der Waals surface area contributed by atoms with Crippen molar-refractivity contribution in [3.63, 3.8) is 0 Å². The minimum atomic E-state index is -0.450. The molecular formula is C22H22N4O4S. The maximum atomic E-state index is 12.6. The van der Waals surface area contributed by atoms with Crippen molar-refractivity contribution in [2.45, 2.75) is 17.4 Å². The van der Waals surface area contributed by atoms with Crippen LogP contribution in [0.3, 0.4) is 0 Å². The minimum absolute atomic E-state index is 0.193. The summed E-state index contributed by atoms with van der Waals surface area (Å²) in [7, 11) is 5.06. The lowest BCUT2D eigenvalue weighted by Gasteiger charge is -2.12. The Labute approximate surface area is 183 Å². The van der Waals surface area contributed by atoms with Gasteiger partial charge in [0.05, 0.1) is 19.5 Å². The number of anilines is 1. The van der Waals surface area contributed by atoms with Crippen molar-refractivity contribution in [2.75, 3.05) is 19.5 Å². The molecule has 0 aliphatic carbocycles. The summed E-state index contributed by atoms with van der Waals surface area (Å²) in [5, 5.41) is 12.1. The van der Waals surface area contributed by atoms with E-state index in [1.54, 1.807) is 39.3 Å². The molecule has 1 N–H and O–H groups in total. The highest BCUT2D eigenvalue weighted by molar-refractivity contribution is 8.00. The molecule has 2 aromatic heterocycles. The molecular weight excluding hydrogens is 416 g/mol. The molecule has 8 nitrogen and oxygen atoms in total. The highest BCUT2D eigenvalue weighted by atomic mass is 32.2. The van der Waals surface area contributed by atoms with Gasteiger partial charge in [0.1, 0.15) is 5.69 Å². The van der Waals surface area contributed by atoms with Gasteiger partial charge >= 0.3 is 0 Å². The van der Waals surface area contributed by atoms with E-state index in [1.807, 2.05) is 41.9 Å². The number of nitrogens with one attached hydrogen (secondary N) is 1. The molecule has 0 aliphatic heterocycles. The molecule has 4 aromatic rings. The molecule has 1 atom stereocenters. The van der Waals surface area contributed by atoms with Crippen molar-refractivity contribution < 1.29 is 18.7 Å². The molecule has 4 rings (SSSR count). The Morgan fingerprint density at radius 1 is 1.10 bits per heavy atom. The molecule has 0 saturated heterocycles. The molecule has 9 heteroatoms. The Bertz CT molecular complexity index is 1230. The molecule has 0 spiro atoms. The van der Waals surface area contributed by atoms with Crippen LogP contribution >= 0.6 is 11.8 Å². The molecule has 2 aromatic carbocycles. The largest absolute Gasteiger partial charge is 0.493 e. The van der Waals surface area contributed by atoms with Gasteiger partial charge in [-0.1, -0.05) is 30.0 Å². The second kappa shape index (κ2) is 8.73. The number of amides is 1. The number of thioether (sulfide) groups is 1. The number of hydrogen-bond donors (Lipinski definition) is 1. The lowest BCUT2D eigenvalue weighted by Crippen LogP contribution is -2.22. The number of aryl methyl sites for hydroxylation is 1. The topological polar surface area (TPSA) is 91.4 Å². The average molecular weight is 439 g/mol. The Morgan fingerprint density at radius 3 is 2.61 bits per heavy atom. The van der Waals surface area contributed by atoms with E-state index in [-0.39, 0.29) is 5.91 Å². The number of para-hydroxylation sites is 1. The van der Waals surface area contributed by atoms with E-state index in [1.165, 1.54) is 11.8 Å². The van der Waals surface area contributed by atoms with Crippen LogP contribution in [0.1, 0.15) is 6.92 Å². The number of aromatic nitrogens is 3. The summed E-state index contributed by atoms with van der Waals surface area (Å²) in [6.07, 6.45) is 0. The van der Waals surface area contributed by atoms with Gasteiger partial charge in [-0.25, -0.2) is 0 Å². The second-order valence-electron chi connectivity index (χ2n) is 6.84. The van der Waals surface area contributed by atoms with Gasteiger partial charge in [-0.2, -0.15) is 0 Å². The number of hydrogen-bond acceptors (Lipinski definition) is 7. The first-order valence-electron chi connectivity index (χ1n) is 9.58. The van der Waals surface area contributed by atoms with Crippen LogP contribution in [0, 0.1) is 0 Å². The predicted octanol–water partition coefficient (Wildman–Crippen LogP) is 4.36. The van der Waals surface area contributed by atoms with Gasteiger partial charge in [-0.05, 0) is 31.2 Å². The third-order valence-electron chi connectivity index (χ3n) is 4.88. The molecule has 0 radical (unpaired) electrons. The van der Waals surface area contributed by atoms with Gasteiger partial charge in [0.25, 0.3) is 11.1 Å². The van der Waals surface area contributed by atoms with Crippen LogP contribution in [0.2, 0.25) is 0 Å². The maximum Gasteiger partial charge on any atom is 0.277 e. The number of nitrogens with zero attached hydrogens (tertiary/aromatic N) is 3. The van der Waals surface area contributed by atoms with Crippen LogP contribution in [-0.4, -0.2) is 40.1 Å². The van der Waals surface area contributed by atoms with Gasteiger partial charge in [-0.3, -0.25) is 4.79 Å². The average Bonchev–Trinajstić information content (AvgIpc) is 3.38. The molecule has 160 valence electrons. The monoisotopic (exact) mass is 438 g/mol. The van der Waals surface area contributed by atoms with Crippen molar-refractivity contribution in [3.05, 3.63) is 48.5 Å². The van der Waals surface area contributed by atoms with Crippen molar-refractivity contribution >= 4 is 34.3 Å². The number of carbonyl (C=O) groups excluding carboxylic acids is 1. The van der Waals surface area contributed by atoms with E-state index in [4.69, 9.17) is 13.9 Å². The number of carbonyl (C=O) groups is 1. The van der Waals surface area contributed by atoms with Crippen LogP contribution < -0.4 is 14.8 Å². The van der Waals surface area contributed by atoms with Gasteiger partial charge in [0.15, 0.2) is 11.5 Å². The number of benzene rings is 2. The first-order valence-corrected chi connectivity index (χ1v) is 10.5. The van der Waals surface area contributed by atoms with Crippen LogP contribution in [-0.2, 0) is 11.8 Å². The summed E-state index contributed by atoms with van der Waals surface area (Å²) in [5.41, 5.74) is 2.51. The molecule has 1 amide bonds. The Morgan fingerprint density at radius 2 is 1.87 bits per heavy atom. The van der Waals surface area contributed by atoms with Crippen LogP contribution in [0.25, 0.3) is 22.5 Å². The molecule has 0 saturated carbocycles. The lowest BCUT2D eigenvalue weighted by atomic mass is 10.2. The van der Waals surface area contributed by atoms with Crippen molar-refractivity contribution in [1.82, 2.24) is 14.8 Å². The first kappa shape index (κ1) is 20.8. The van der Waals surface area contributed by atoms with Gasteiger partial charge in [-0.15, -0.1) is 10.2 Å². The standard InChI is InChI=1S/C22H22N4O4S/c1-13(20(27)23-15-9-10-18(28-3)19(12-15)29-4)31-22-25-24-21(30-22)17-11-14-7-5-6-8-16(14)26(17)2/h5-13H,1-4H3,(H,23,27)/t13-/m0/s1. The third-order valence-corrected chi connectivity index (χ3v) is 5.81. The SMILES string of the molecule is COc1ccc(NC(=O)[C@H](C)Sc2nnc(-c3cc4ccccc4n3C)o2)cc1OC. The Kier molecular flexibility index (Phi) is 5.85.